The van der Waals surface area contributed by atoms with E-state index >= 15 is 0 Å². The molecule has 0 radical (unpaired) electrons. The highest BCUT2D eigenvalue weighted by atomic mass is 16.2. The zero-order chi connectivity index (χ0) is 15.8. The van der Waals surface area contributed by atoms with E-state index in [0.29, 0.717) is 12.6 Å². The van der Waals surface area contributed by atoms with E-state index in [2.05, 4.69) is 53.0 Å². The molecule has 0 spiro atoms. The fraction of sp³-hybridized carbons (Fsp3) is 0.421. The van der Waals surface area contributed by atoms with E-state index < -0.39 is 0 Å². The second-order valence-corrected chi connectivity index (χ2v) is 6.60. The molecule has 0 bridgehead atoms. The number of rotatable bonds is 3. The van der Waals surface area contributed by atoms with Crippen molar-refractivity contribution in [3.63, 3.8) is 0 Å². The summed E-state index contributed by atoms with van der Waals surface area (Å²) in [6.07, 6.45) is 5.37. The number of amides is 1. The monoisotopic (exact) mass is 309 g/mol. The molecule has 1 fully saturated rings. The van der Waals surface area contributed by atoms with Crippen LogP contribution in [0.3, 0.4) is 0 Å². The van der Waals surface area contributed by atoms with Gasteiger partial charge in [0.1, 0.15) is 0 Å². The summed E-state index contributed by atoms with van der Waals surface area (Å²) < 4.78 is 2.18. The first kappa shape index (κ1) is 14.5. The minimum absolute atomic E-state index is 0.232. The van der Waals surface area contributed by atoms with Crippen LogP contribution in [-0.2, 0) is 18.3 Å². The van der Waals surface area contributed by atoms with Crippen molar-refractivity contribution < 1.29 is 4.79 Å². The predicted octanol–water partition coefficient (Wildman–Crippen LogP) is 2.75. The first-order valence-electron chi connectivity index (χ1n) is 8.47. The summed E-state index contributed by atoms with van der Waals surface area (Å²) >= 11 is 0. The van der Waals surface area contributed by atoms with Crippen LogP contribution in [-0.4, -0.2) is 35.0 Å². The number of anilines is 1. The zero-order valence-corrected chi connectivity index (χ0v) is 13.6. The van der Waals surface area contributed by atoms with Crippen molar-refractivity contribution in [2.45, 2.75) is 25.3 Å². The number of nitrogens with zero attached hydrogens (tertiary/aromatic N) is 3. The van der Waals surface area contributed by atoms with Crippen LogP contribution in [0, 0.1) is 0 Å². The minimum atomic E-state index is 0.232. The summed E-state index contributed by atoms with van der Waals surface area (Å²) in [5.74, 6) is 0.232. The molecule has 4 heteroatoms. The van der Waals surface area contributed by atoms with Gasteiger partial charge in [-0.15, -0.1) is 0 Å². The van der Waals surface area contributed by atoms with E-state index in [1.165, 1.54) is 17.7 Å². The third-order valence-electron chi connectivity index (χ3n) is 5.22. The van der Waals surface area contributed by atoms with E-state index in [1.807, 2.05) is 11.0 Å². The van der Waals surface area contributed by atoms with Crippen molar-refractivity contribution in [1.82, 2.24) is 9.47 Å². The van der Waals surface area contributed by atoms with Gasteiger partial charge in [-0.05, 0) is 49.6 Å². The van der Waals surface area contributed by atoms with Crippen LogP contribution in [0.25, 0.3) is 0 Å². The van der Waals surface area contributed by atoms with Gasteiger partial charge in [0.15, 0.2) is 0 Å². The molecule has 1 amide bonds. The summed E-state index contributed by atoms with van der Waals surface area (Å²) in [5.41, 5.74) is 3.71. The quantitative estimate of drug-likeness (QED) is 0.872. The molecule has 1 saturated heterocycles. The average Bonchev–Trinajstić information content (AvgIpc) is 3.26. The Balaban J connectivity index is 1.50. The fourth-order valence-electron chi connectivity index (χ4n) is 4.03. The van der Waals surface area contributed by atoms with E-state index in [0.717, 1.165) is 31.6 Å². The Labute approximate surface area is 137 Å². The van der Waals surface area contributed by atoms with Crippen LogP contribution in [0.5, 0.6) is 0 Å². The number of aromatic nitrogens is 1. The van der Waals surface area contributed by atoms with Gasteiger partial charge in [-0.2, -0.15) is 0 Å². The van der Waals surface area contributed by atoms with Gasteiger partial charge < -0.3 is 9.47 Å². The molecule has 0 aliphatic carbocycles. The number of fused-ring (bicyclic) bond motifs is 1. The number of likely N-dealkylation sites (tertiary alicyclic amines) is 1. The Morgan fingerprint density at radius 1 is 1.17 bits per heavy atom. The van der Waals surface area contributed by atoms with Gasteiger partial charge in [-0.1, -0.05) is 18.2 Å². The van der Waals surface area contributed by atoms with Crippen molar-refractivity contribution >= 4 is 11.6 Å². The van der Waals surface area contributed by atoms with Gasteiger partial charge >= 0.3 is 0 Å². The standard InChI is InChI=1S/C19H23N3O/c1-20-11-4-8-17(20)18-9-5-12-21(18)14-19(23)22-13-10-15-6-2-3-7-16(15)22/h2-4,6-8,11,18H,5,9-10,12-14H2,1H3/t18-/m1/s1. The van der Waals surface area contributed by atoms with Gasteiger partial charge in [-0.25, -0.2) is 0 Å². The maximum absolute atomic E-state index is 12.8. The predicted molar refractivity (Wildman–Crippen MR) is 91.5 cm³/mol. The smallest absolute Gasteiger partial charge is 0.241 e. The summed E-state index contributed by atoms with van der Waals surface area (Å²) in [7, 11) is 2.09. The lowest BCUT2D eigenvalue weighted by atomic mass is 10.1. The van der Waals surface area contributed by atoms with Crippen molar-refractivity contribution in [1.29, 1.82) is 0 Å². The molecule has 120 valence electrons. The lowest BCUT2D eigenvalue weighted by molar-refractivity contribution is -0.119. The SMILES string of the molecule is Cn1cccc1[C@H]1CCCN1CC(=O)N1CCc2ccccc21. The van der Waals surface area contributed by atoms with Gasteiger partial charge in [0.2, 0.25) is 5.91 Å². The maximum atomic E-state index is 12.8. The molecule has 2 aliphatic heterocycles. The number of aryl methyl sites for hydroxylation is 1. The van der Waals surface area contributed by atoms with Gasteiger partial charge in [0.25, 0.3) is 0 Å². The van der Waals surface area contributed by atoms with Crippen LogP contribution < -0.4 is 4.90 Å². The number of para-hydroxylation sites is 1. The summed E-state index contributed by atoms with van der Waals surface area (Å²) in [6.45, 7) is 2.35. The molecule has 4 nitrogen and oxygen atoms in total. The van der Waals surface area contributed by atoms with Crippen molar-refractivity contribution in [2.24, 2.45) is 7.05 Å². The molecule has 0 saturated carbocycles. The molecule has 4 rings (SSSR count). The first-order chi connectivity index (χ1) is 11.2. The molecule has 2 aliphatic rings. The van der Waals surface area contributed by atoms with E-state index in [1.54, 1.807) is 0 Å². The molecular formula is C19H23N3O. The van der Waals surface area contributed by atoms with Gasteiger partial charge in [0.05, 0.1) is 12.6 Å². The lowest BCUT2D eigenvalue weighted by Crippen LogP contribution is -2.39. The number of benzene rings is 1. The molecule has 0 unspecified atom stereocenters. The Hall–Kier alpha value is -2.07. The third-order valence-corrected chi connectivity index (χ3v) is 5.22. The summed E-state index contributed by atoms with van der Waals surface area (Å²) in [6, 6.07) is 12.9. The largest absolute Gasteiger partial charge is 0.353 e. The number of carbonyl (C=O) groups is 1. The Kier molecular flexibility index (Phi) is 3.69. The Morgan fingerprint density at radius 3 is 2.87 bits per heavy atom. The average molecular weight is 309 g/mol. The Bertz CT molecular complexity index is 721. The van der Waals surface area contributed by atoms with Crippen molar-refractivity contribution in [3.05, 3.63) is 53.9 Å². The number of hydrogen-bond donors (Lipinski definition) is 0. The fourth-order valence-corrected chi connectivity index (χ4v) is 4.03. The lowest BCUT2D eigenvalue weighted by Gasteiger charge is -2.27. The second-order valence-electron chi connectivity index (χ2n) is 6.60. The van der Waals surface area contributed by atoms with Crippen LogP contribution in [0.1, 0.15) is 30.1 Å². The van der Waals surface area contributed by atoms with Crippen LogP contribution in [0.4, 0.5) is 5.69 Å². The molecule has 2 aromatic rings. The van der Waals surface area contributed by atoms with Gasteiger partial charge in [0, 0.05) is 31.2 Å². The molecular weight excluding hydrogens is 286 g/mol. The molecule has 23 heavy (non-hydrogen) atoms. The highest BCUT2D eigenvalue weighted by Gasteiger charge is 2.32. The van der Waals surface area contributed by atoms with E-state index in [-0.39, 0.29) is 5.91 Å². The van der Waals surface area contributed by atoms with Crippen LogP contribution in [0.2, 0.25) is 0 Å². The molecule has 1 atom stereocenters. The van der Waals surface area contributed by atoms with E-state index in [9.17, 15) is 4.79 Å². The Morgan fingerprint density at radius 2 is 2.04 bits per heavy atom. The molecule has 1 aromatic carbocycles. The molecule has 3 heterocycles. The summed E-state index contributed by atoms with van der Waals surface area (Å²) in [4.78, 5) is 17.2. The topological polar surface area (TPSA) is 28.5 Å². The maximum Gasteiger partial charge on any atom is 0.241 e. The number of hydrogen-bond acceptors (Lipinski definition) is 2. The normalized spacial score (nSPS) is 20.9. The van der Waals surface area contributed by atoms with Crippen molar-refractivity contribution in [3.8, 4) is 0 Å². The third kappa shape index (κ3) is 2.57. The highest BCUT2D eigenvalue weighted by molar-refractivity contribution is 5.96. The molecule has 1 aromatic heterocycles. The minimum Gasteiger partial charge on any atom is -0.353 e. The number of carbonyl (C=O) groups excluding carboxylic acids is 1. The van der Waals surface area contributed by atoms with Crippen molar-refractivity contribution in [2.75, 3.05) is 24.5 Å². The van der Waals surface area contributed by atoms with E-state index in [4.69, 9.17) is 0 Å². The molecule has 0 N–H and O–H groups in total. The first-order valence-corrected chi connectivity index (χ1v) is 8.47. The highest BCUT2D eigenvalue weighted by Crippen LogP contribution is 2.33. The van der Waals surface area contributed by atoms with Crippen LogP contribution >= 0.6 is 0 Å². The van der Waals surface area contributed by atoms with Crippen LogP contribution in [0.15, 0.2) is 42.6 Å². The van der Waals surface area contributed by atoms with Gasteiger partial charge in [-0.3, -0.25) is 9.69 Å². The zero-order valence-electron chi connectivity index (χ0n) is 13.6. The second kappa shape index (κ2) is 5.85. The summed E-state index contributed by atoms with van der Waals surface area (Å²) in [5, 5.41) is 0.